The maximum absolute atomic E-state index is 9.66. The van der Waals surface area contributed by atoms with Crippen molar-refractivity contribution in [3.63, 3.8) is 0 Å². The van der Waals surface area contributed by atoms with Gasteiger partial charge in [0.25, 0.3) is 0 Å². The van der Waals surface area contributed by atoms with Crippen molar-refractivity contribution in [2.24, 2.45) is 0 Å². The van der Waals surface area contributed by atoms with E-state index in [2.05, 4.69) is 59.2 Å². The summed E-state index contributed by atoms with van der Waals surface area (Å²) in [6.07, 6.45) is 0. The molecule has 5 heteroatoms. The molecule has 0 unspecified atom stereocenters. The van der Waals surface area contributed by atoms with E-state index in [1.807, 2.05) is 97.1 Å². The van der Waals surface area contributed by atoms with E-state index in [0.29, 0.717) is 48.9 Å². The van der Waals surface area contributed by atoms with Crippen molar-refractivity contribution in [1.82, 2.24) is 19.5 Å². The fourth-order valence-corrected chi connectivity index (χ4v) is 9.49. The number of fused-ring (bicyclic) bond motifs is 9. The van der Waals surface area contributed by atoms with Crippen molar-refractivity contribution in [2.45, 2.75) is 0 Å². The van der Waals surface area contributed by atoms with Crippen LogP contribution in [0.25, 0.3) is 115 Å². The van der Waals surface area contributed by atoms with E-state index < -0.39 is 0 Å². The van der Waals surface area contributed by atoms with Crippen LogP contribution >= 0.6 is 11.3 Å². The first-order valence-corrected chi connectivity index (χ1v) is 19.9. The zero-order valence-electron chi connectivity index (χ0n) is 36.7. The van der Waals surface area contributed by atoms with E-state index in [4.69, 9.17) is 19.1 Å². The molecule has 0 fully saturated rings. The van der Waals surface area contributed by atoms with Crippen LogP contribution in [0, 0.1) is 0 Å². The lowest BCUT2D eigenvalue weighted by Gasteiger charge is -2.17. The quantitative estimate of drug-likeness (QED) is 0.164. The summed E-state index contributed by atoms with van der Waals surface area (Å²) in [7, 11) is 0. The van der Waals surface area contributed by atoms with Crippen LogP contribution in [0.2, 0.25) is 0 Å². The van der Waals surface area contributed by atoms with Crippen LogP contribution in [-0.2, 0) is 0 Å². The summed E-state index contributed by atoms with van der Waals surface area (Å²) < 4.78 is 57.5. The minimum atomic E-state index is -0.306. The van der Waals surface area contributed by atoms with Gasteiger partial charge in [-0.3, -0.25) is 0 Å². The van der Waals surface area contributed by atoms with Gasteiger partial charge in [0.05, 0.1) is 24.9 Å². The number of hydrogen-bond acceptors (Lipinski definition) is 4. The molecule has 0 amide bonds. The van der Waals surface area contributed by atoms with E-state index >= 15 is 0 Å². The maximum atomic E-state index is 9.66. The molecule has 0 N–H and O–H groups in total. The van der Waals surface area contributed by atoms with Crippen LogP contribution in [-0.4, -0.2) is 19.5 Å². The normalized spacial score (nSPS) is 13.2. The summed E-state index contributed by atoms with van der Waals surface area (Å²) in [5.74, 6) is 1.39. The molecule has 9 aromatic carbocycles. The van der Waals surface area contributed by atoms with Gasteiger partial charge < -0.3 is 4.57 Å². The third-order valence-corrected chi connectivity index (χ3v) is 12.1. The van der Waals surface area contributed by atoms with Crippen molar-refractivity contribution < 1.29 is 8.22 Å². The smallest absolute Gasteiger partial charge is 0.164 e. The first-order chi connectivity index (χ1) is 31.2. The second-order valence-corrected chi connectivity index (χ2v) is 15.3. The molecule has 0 aliphatic heterocycles. The fourth-order valence-electron chi connectivity index (χ4n) is 8.39. The molecule has 58 heavy (non-hydrogen) atoms. The number of aromatic nitrogens is 4. The zero-order valence-corrected chi connectivity index (χ0v) is 31.5. The predicted octanol–water partition coefficient (Wildman–Crippen LogP) is 14.3. The monoisotopic (exact) mass is 762 g/mol. The molecule has 0 aliphatic carbocycles. The second kappa shape index (κ2) is 13.1. The van der Waals surface area contributed by atoms with E-state index in [-0.39, 0.29) is 41.6 Å². The Kier molecular flexibility index (Phi) is 6.12. The Balaban J connectivity index is 1.20. The first kappa shape index (κ1) is 27.2. The summed E-state index contributed by atoms with van der Waals surface area (Å²) in [4.78, 5) is 15.5. The Morgan fingerprint density at radius 1 is 0.414 bits per heavy atom. The van der Waals surface area contributed by atoms with Gasteiger partial charge in [-0.2, -0.15) is 0 Å². The molecule has 0 saturated carbocycles. The van der Waals surface area contributed by atoms with E-state index in [0.717, 1.165) is 60.2 Å². The molecule has 3 heterocycles. The largest absolute Gasteiger partial charge is 0.309 e. The van der Waals surface area contributed by atoms with Crippen LogP contribution in [0.4, 0.5) is 0 Å². The zero-order chi connectivity index (χ0) is 43.4. The summed E-state index contributed by atoms with van der Waals surface area (Å²) in [5.41, 5.74) is 5.89. The average Bonchev–Trinajstić information content (AvgIpc) is 3.90. The molecule has 12 aromatic rings. The van der Waals surface area contributed by atoms with Crippen molar-refractivity contribution in [1.29, 1.82) is 0 Å². The number of para-hydroxylation sites is 2. The van der Waals surface area contributed by atoms with Crippen molar-refractivity contribution in [3.8, 4) is 51.0 Å². The minimum absolute atomic E-state index is 0.0596. The van der Waals surface area contributed by atoms with Crippen LogP contribution in [0.3, 0.4) is 0 Å². The van der Waals surface area contributed by atoms with Gasteiger partial charge in [0.1, 0.15) is 0 Å². The van der Waals surface area contributed by atoms with Gasteiger partial charge in [-0.05, 0) is 64.0 Å². The van der Waals surface area contributed by atoms with Gasteiger partial charge in [0.2, 0.25) is 0 Å². The predicted molar refractivity (Wildman–Crippen MR) is 244 cm³/mol. The number of thiophene rings is 1. The number of nitrogens with zero attached hydrogens (tertiary/aromatic N) is 4. The summed E-state index contributed by atoms with van der Waals surface area (Å²) in [6.45, 7) is 0. The minimum Gasteiger partial charge on any atom is -0.309 e. The third kappa shape index (κ3) is 5.11. The van der Waals surface area contributed by atoms with Crippen molar-refractivity contribution in [2.75, 3.05) is 0 Å². The Labute approximate surface area is 346 Å². The Bertz CT molecular complexity index is 3880. The Morgan fingerprint density at radius 2 is 1.05 bits per heavy atom. The second-order valence-electron chi connectivity index (χ2n) is 14.3. The standard InChI is InChI=1S/C53H32N4S/c1-2-15-33(16-3-1)51-54-52(56-53(55-51)45-31-34-17-4-5-18-36(34)37-19-6-7-20-38(37)45)35-29-30-48(57-46-26-11-8-21-39(46)40-22-9-12-27-47(40)57)44(32-35)43-25-14-24-42-41-23-10-13-28-49(41)58-50(42)43/h1-32H/i10D,14D,23D,24D,25D,28D. The molecular weight excluding hydrogens is 725 g/mol. The molecule has 0 saturated heterocycles. The number of benzene rings is 9. The van der Waals surface area contributed by atoms with E-state index in [1.165, 1.54) is 17.4 Å². The molecule has 0 aliphatic rings. The topological polar surface area (TPSA) is 43.6 Å². The highest BCUT2D eigenvalue weighted by atomic mass is 32.1. The molecule has 4 nitrogen and oxygen atoms in total. The number of hydrogen-bond donors (Lipinski definition) is 0. The fraction of sp³-hybridized carbons (Fsp3) is 0. The van der Waals surface area contributed by atoms with Gasteiger partial charge >= 0.3 is 0 Å². The van der Waals surface area contributed by atoms with Crippen LogP contribution < -0.4 is 0 Å². The lowest BCUT2D eigenvalue weighted by Crippen LogP contribution is -2.02. The first-order valence-electron chi connectivity index (χ1n) is 22.0. The Hall–Kier alpha value is -7.47. The Morgan fingerprint density at radius 3 is 1.84 bits per heavy atom. The number of rotatable bonds is 5. The summed E-state index contributed by atoms with van der Waals surface area (Å²) >= 11 is 1.22. The van der Waals surface area contributed by atoms with Crippen molar-refractivity contribution >= 4 is 74.9 Å². The van der Waals surface area contributed by atoms with Gasteiger partial charge in [0, 0.05) is 58.8 Å². The summed E-state index contributed by atoms with van der Waals surface area (Å²) in [5, 5.41) is 6.94. The maximum Gasteiger partial charge on any atom is 0.164 e. The van der Waals surface area contributed by atoms with E-state index in [1.54, 1.807) is 0 Å². The molecule has 270 valence electrons. The average molecular weight is 763 g/mol. The third-order valence-electron chi connectivity index (χ3n) is 11.0. The molecule has 12 rings (SSSR count). The lowest BCUT2D eigenvalue weighted by atomic mass is 9.96. The van der Waals surface area contributed by atoms with Gasteiger partial charge in [-0.25, -0.2) is 15.0 Å². The molecule has 0 atom stereocenters. The molecule has 3 aromatic heterocycles. The van der Waals surface area contributed by atoms with Crippen LogP contribution in [0.1, 0.15) is 8.22 Å². The van der Waals surface area contributed by atoms with Gasteiger partial charge in [-0.1, -0.05) is 152 Å². The van der Waals surface area contributed by atoms with Crippen molar-refractivity contribution in [3.05, 3.63) is 194 Å². The molecule has 0 bridgehead atoms. The summed E-state index contributed by atoms with van der Waals surface area (Å²) in [6, 6.07) is 51.3. The lowest BCUT2D eigenvalue weighted by molar-refractivity contribution is 1.08. The van der Waals surface area contributed by atoms with Crippen LogP contribution in [0.15, 0.2) is 194 Å². The highest BCUT2D eigenvalue weighted by Crippen LogP contribution is 2.44. The highest BCUT2D eigenvalue weighted by molar-refractivity contribution is 7.26. The SMILES string of the molecule is [2H]c1cc([2H])c2sc3c(-c4cc(-c5nc(-c6ccccc6)nc(-c6cc7ccccc7c7ccccc67)n5)ccc4-n4c5ccccc5c5ccccc54)c([2H])c([2H])c([2H])c3c2c1[2H]. The molecule has 0 spiro atoms. The van der Waals surface area contributed by atoms with E-state index in [9.17, 15) is 4.11 Å². The molecular formula is C53H32N4S. The highest BCUT2D eigenvalue weighted by Gasteiger charge is 2.21. The van der Waals surface area contributed by atoms with Crippen LogP contribution in [0.5, 0.6) is 0 Å². The van der Waals surface area contributed by atoms with Gasteiger partial charge in [0.15, 0.2) is 17.5 Å². The van der Waals surface area contributed by atoms with Gasteiger partial charge in [-0.15, -0.1) is 11.3 Å². The molecule has 0 radical (unpaired) electrons.